The van der Waals surface area contributed by atoms with E-state index in [2.05, 4.69) is 15.2 Å². The van der Waals surface area contributed by atoms with Crippen molar-refractivity contribution in [2.75, 3.05) is 13.1 Å². The molecule has 3 heterocycles. The van der Waals surface area contributed by atoms with Gasteiger partial charge < -0.3 is 10.6 Å². The molecule has 1 saturated heterocycles. The summed E-state index contributed by atoms with van der Waals surface area (Å²) in [6.45, 7) is 0.954. The predicted molar refractivity (Wildman–Crippen MR) is 141 cm³/mol. The van der Waals surface area contributed by atoms with Gasteiger partial charge in [-0.15, -0.1) is 21.5 Å². The molecule has 2 aromatic heterocycles. The van der Waals surface area contributed by atoms with E-state index < -0.39 is 5.82 Å². The number of thioether (sulfide) groups is 1. The zero-order chi connectivity index (χ0) is 25.9. The molecule has 2 N–H and O–H groups in total. The largest absolute Gasteiger partial charge is 0.369 e. The molecule has 37 heavy (non-hydrogen) atoms. The van der Waals surface area contributed by atoms with E-state index in [9.17, 15) is 14.0 Å². The Bertz CT molecular complexity index is 1450. The molecular weight excluding hydrogens is 535 g/mol. The van der Waals surface area contributed by atoms with Crippen molar-refractivity contribution < 1.29 is 14.0 Å². The lowest BCUT2D eigenvalue weighted by Gasteiger charge is -2.30. The predicted octanol–water partition coefficient (Wildman–Crippen LogP) is 4.81. The van der Waals surface area contributed by atoms with E-state index in [0.29, 0.717) is 64.6 Å². The molecule has 2 amide bonds. The lowest BCUT2D eigenvalue weighted by atomic mass is 9.96. The van der Waals surface area contributed by atoms with Gasteiger partial charge in [0, 0.05) is 30.0 Å². The van der Waals surface area contributed by atoms with E-state index in [1.165, 1.54) is 29.2 Å². The van der Waals surface area contributed by atoms with Crippen LogP contribution in [0.1, 0.15) is 28.3 Å². The van der Waals surface area contributed by atoms with Crippen LogP contribution in [0.2, 0.25) is 5.02 Å². The van der Waals surface area contributed by atoms with E-state index >= 15 is 0 Å². The van der Waals surface area contributed by atoms with Crippen LogP contribution in [0, 0.1) is 11.7 Å². The first-order chi connectivity index (χ1) is 17.9. The Labute approximate surface area is 225 Å². The Morgan fingerprint density at radius 2 is 1.84 bits per heavy atom. The standard InChI is InChI=1S/C25H22ClFN6O2S2/c26-17-6-2-1-5-16(17)23-30-31-25(33(23)20-8-4-3-7-18(20)27)37-14-21-29-19(13-36-21)24(35)32-11-9-15(10-12-32)22(28)34/h1-8,13,15H,9-12,14H2,(H2,28,34). The summed E-state index contributed by atoms with van der Waals surface area (Å²) in [5.41, 5.74) is 6.69. The molecule has 0 atom stereocenters. The Hall–Kier alpha value is -3.28. The first-order valence-electron chi connectivity index (χ1n) is 11.5. The zero-order valence-corrected chi connectivity index (χ0v) is 21.9. The van der Waals surface area contributed by atoms with Crippen LogP contribution in [-0.2, 0) is 10.5 Å². The first-order valence-corrected chi connectivity index (χ1v) is 13.8. The Morgan fingerprint density at radius 1 is 1.11 bits per heavy atom. The SMILES string of the molecule is NC(=O)C1CCN(C(=O)c2csc(CSc3nnc(-c4ccccc4Cl)n3-c3ccccc3F)n2)CC1. The Balaban J connectivity index is 1.35. The van der Waals surface area contributed by atoms with Crippen LogP contribution < -0.4 is 5.73 Å². The summed E-state index contributed by atoms with van der Waals surface area (Å²) in [4.78, 5) is 30.5. The molecule has 1 aliphatic rings. The van der Waals surface area contributed by atoms with Crippen molar-refractivity contribution >= 4 is 46.5 Å². The second-order valence-corrected chi connectivity index (χ2v) is 10.7. The summed E-state index contributed by atoms with van der Waals surface area (Å²) >= 11 is 9.12. The monoisotopic (exact) mass is 556 g/mol. The number of nitrogens with zero attached hydrogens (tertiary/aromatic N) is 5. The van der Waals surface area contributed by atoms with Crippen molar-refractivity contribution in [3.63, 3.8) is 0 Å². The van der Waals surface area contributed by atoms with Crippen molar-refractivity contribution in [1.82, 2.24) is 24.6 Å². The van der Waals surface area contributed by atoms with Crippen molar-refractivity contribution in [3.05, 3.63) is 75.5 Å². The molecule has 190 valence electrons. The smallest absolute Gasteiger partial charge is 0.273 e. The molecule has 5 rings (SSSR count). The van der Waals surface area contributed by atoms with E-state index in [1.807, 2.05) is 18.2 Å². The number of piperidine rings is 1. The van der Waals surface area contributed by atoms with Gasteiger partial charge in [0.05, 0.1) is 16.5 Å². The van der Waals surface area contributed by atoms with Crippen LogP contribution in [0.5, 0.6) is 0 Å². The van der Waals surface area contributed by atoms with E-state index in [-0.39, 0.29) is 17.7 Å². The Kier molecular flexibility index (Phi) is 7.54. The van der Waals surface area contributed by atoms with Crippen molar-refractivity contribution in [2.24, 2.45) is 11.7 Å². The third-order valence-corrected chi connectivity index (χ3v) is 8.42. The average Bonchev–Trinajstić information content (AvgIpc) is 3.55. The highest BCUT2D eigenvalue weighted by Gasteiger charge is 2.28. The number of thiazole rings is 1. The number of rotatable bonds is 7. The topological polar surface area (TPSA) is 107 Å². The fourth-order valence-corrected chi connectivity index (χ4v) is 6.11. The van der Waals surface area contributed by atoms with Gasteiger partial charge in [0.1, 0.15) is 16.5 Å². The van der Waals surface area contributed by atoms with Gasteiger partial charge >= 0.3 is 0 Å². The number of likely N-dealkylation sites (tertiary alicyclic amines) is 1. The highest BCUT2D eigenvalue weighted by Crippen LogP contribution is 2.34. The zero-order valence-electron chi connectivity index (χ0n) is 19.5. The summed E-state index contributed by atoms with van der Waals surface area (Å²) in [5.74, 6) is -0.246. The minimum atomic E-state index is -0.417. The maximum Gasteiger partial charge on any atom is 0.273 e. The first kappa shape index (κ1) is 25.4. The van der Waals surface area contributed by atoms with E-state index in [1.54, 1.807) is 39.1 Å². The minimum absolute atomic E-state index is 0.161. The normalized spacial score (nSPS) is 14.2. The highest BCUT2D eigenvalue weighted by molar-refractivity contribution is 7.98. The van der Waals surface area contributed by atoms with Crippen molar-refractivity contribution in [1.29, 1.82) is 0 Å². The summed E-state index contributed by atoms with van der Waals surface area (Å²) < 4.78 is 16.5. The maximum absolute atomic E-state index is 14.8. The number of hydrogen-bond donors (Lipinski definition) is 1. The second kappa shape index (κ2) is 11.0. The van der Waals surface area contributed by atoms with Crippen LogP contribution in [0.15, 0.2) is 59.1 Å². The molecule has 1 aliphatic heterocycles. The molecule has 12 heteroatoms. The van der Waals surface area contributed by atoms with Gasteiger partial charge in [-0.25, -0.2) is 9.37 Å². The molecular formula is C25H22ClFN6O2S2. The molecule has 0 radical (unpaired) electrons. The number of nitrogens with two attached hydrogens (primary N) is 1. The average molecular weight is 557 g/mol. The van der Waals surface area contributed by atoms with Gasteiger partial charge in [0.25, 0.3) is 5.91 Å². The molecule has 0 unspecified atom stereocenters. The number of benzene rings is 2. The second-order valence-electron chi connectivity index (χ2n) is 8.46. The van der Waals surface area contributed by atoms with E-state index in [0.717, 1.165) is 5.01 Å². The van der Waals surface area contributed by atoms with Crippen molar-refractivity contribution in [3.8, 4) is 17.1 Å². The molecule has 4 aromatic rings. The number of carbonyl (C=O) groups excluding carboxylic acids is 2. The third-order valence-electron chi connectivity index (χ3n) is 6.12. The number of primary amides is 1. The van der Waals surface area contributed by atoms with Gasteiger partial charge in [-0.2, -0.15) is 0 Å². The van der Waals surface area contributed by atoms with Crippen LogP contribution >= 0.6 is 34.7 Å². The maximum atomic E-state index is 14.8. The number of amides is 2. The van der Waals surface area contributed by atoms with Gasteiger partial charge in [0.15, 0.2) is 11.0 Å². The Morgan fingerprint density at radius 3 is 2.57 bits per heavy atom. The number of halogens is 2. The molecule has 1 fully saturated rings. The molecule has 0 spiro atoms. The molecule has 0 saturated carbocycles. The summed E-state index contributed by atoms with van der Waals surface area (Å²) in [6.07, 6.45) is 1.13. The lowest BCUT2D eigenvalue weighted by Crippen LogP contribution is -2.41. The van der Waals surface area contributed by atoms with Gasteiger partial charge in [-0.3, -0.25) is 14.2 Å². The van der Waals surface area contributed by atoms with Gasteiger partial charge in [0.2, 0.25) is 5.91 Å². The van der Waals surface area contributed by atoms with Crippen LogP contribution in [0.3, 0.4) is 0 Å². The van der Waals surface area contributed by atoms with Gasteiger partial charge in [-0.1, -0.05) is 47.6 Å². The molecule has 8 nitrogen and oxygen atoms in total. The quantitative estimate of drug-likeness (QED) is 0.327. The summed E-state index contributed by atoms with van der Waals surface area (Å²) in [5, 5.41) is 12.0. The fraction of sp³-hybridized carbons (Fsp3) is 0.240. The van der Waals surface area contributed by atoms with Crippen molar-refractivity contribution in [2.45, 2.75) is 23.8 Å². The van der Waals surface area contributed by atoms with Crippen LogP contribution in [0.4, 0.5) is 4.39 Å². The molecule has 0 bridgehead atoms. The van der Waals surface area contributed by atoms with E-state index in [4.69, 9.17) is 17.3 Å². The number of aromatic nitrogens is 4. The van der Waals surface area contributed by atoms with Gasteiger partial charge in [-0.05, 0) is 37.1 Å². The number of hydrogen-bond acceptors (Lipinski definition) is 7. The van der Waals surface area contributed by atoms with Crippen LogP contribution in [0.25, 0.3) is 17.1 Å². The molecule has 2 aromatic carbocycles. The molecule has 0 aliphatic carbocycles. The highest BCUT2D eigenvalue weighted by atomic mass is 35.5. The number of para-hydroxylation sites is 1. The minimum Gasteiger partial charge on any atom is -0.369 e. The fourth-order valence-electron chi connectivity index (χ4n) is 4.16. The lowest BCUT2D eigenvalue weighted by molar-refractivity contribution is -0.123. The van der Waals surface area contributed by atoms with Crippen LogP contribution in [-0.4, -0.2) is 49.6 Å². The summed E-state index contributed by atoms with van der Waals surface area (Å²) in [6, 6.07) is 13.6. The number of carbonyl (C=O) groups is 2. The summed E-state index contributed by atoms with van der Waals surface area (Å²) in [7, 11) is 0. The third kappa shape index (κ3) is 5.39.